The quantitative estimate of drug-likeness (QED) is 0.687. The Kier molecular flexibility index (Phi) is 2.19. The van der Waals surface area contributed by atoms with Crippen molar-refractivity contribution in [3.8, 4) is 0 Å². The number of nitrogens with zero attached hydrogens (tertiary/aromatic N) is 1. The number of hydrogen-bond donors (Lipinski definition) is 1. The van der Waals surface area contributed by atoms with Crippen molar-refractivity contribution < 1.29 is 0 Å². The van der Waals surface area contributed by atoms with E-state index in [1.807, 2.05) is 6.07 Å². The second kappa shape index (κ2) is 3.34. The summed E-state index contributed by atoms with van der Waals surface area (Å²) >= 11 is 5.22. The van der Waals surface area contributed by atoms with Crippen LogP contribution in [0.3, 0.4) is 0 Å². The molecule has 1 N–H and O–H groups in total. The number of benzene rings is 1. The van der Waals surface area contributed by atoms with E-state index in [0.29, 0.717) is 0 Å². The van der Waals surface area contributed by atoms with Crippen LogP contribution in [0, 0.1) is 0 Å². The second-order valence-electron chi connectivity index (χ2n) is 3.10. The molecule has 0 atom stereocenters. The minimum Gasteiger partial charge on any atom is -0.345 e. The maximum absolute atomic E-state index is 5.22. The first kappa shape index (κ1) is 8.51. The van der Waals surface area contributed by atoms with Gasteiger partial charge in [-0.1, -0.05) is 18.2 Å². The molecule has 1 aromatic carbocycles. The molecule has 0 aromatic heterocycles. The summed E-state index contributed by atoms with van der Waals surface area (Å²) in [6.07, 6.45) is 0. The fraction of sp³-hybridized carbons (Fsp3) is 0.300. The smallest absolute Gasteiger partial charge is 0.173 e. The van der Waals surface area contributed by atoms with Gasteiger partial charge in [0.15, 0.2) is 5.11 Å². The lowest BCUT2D eigenvalue weighted by Gasteiger charge is -2.30. The summed E-state index contributed by atoms with van der Waals surface area (Å²) < 4.78 is 0. The van der Waals surface area contributed by atoms with Crippen molar-refractivity contribution in [3.05, 3.63) is 29.8 Å². The lowest BCUT2D eigenvalue weighted by atomic mass is 10.1. The van der Waals surface area contributed by atoms with E-state index in [2.05, 4.69) is 35.3 Å². The zero-order valence-corrected chi connectivity index (χ0v) is 8.40. The molecule has 1 aromatic rings. The van der Waals surface area contributed by atoms with E-state index in [4.69, 9.17) is 12.2 Å². The molecule has 0 aliphatic carbocycles. The fourth-order valence-corrected chi connectivity index (χ4v) is 1.81. The van der Waals surface area contributed by atoms with Gasteiger partial charge in [0.05, 0.1) is 0 Å². The number of anilines is 1. The molecule has 0 saturated heterocycles. The Morgan fingerprint density at radius 3 is 3.00 bits per heavy atom. The summed E-state index contributed by atoms with van der Waals surface area (Å²) in [4.78, 5) is 2.15. The Labute approximate surface area is 83.6 Å². The first-order chi connectivity index (χ1) is 6.31. The largest absolute Gasteiger partial charge is 0.345 e. The topological polar surface area (TPSA) is 15.3 Å². The Morgan fingerprint density at radius 1 is 1.46 bits per heavy atom. The van der Waals surface area contributed by atoms with Gasteiger partial charge >= 0.3 is 0 Å². The zero-order valence-electron chi connectivity index (χ0n) is 7.58. The summed E-state index contributed by atoms with van der Waals surface area (Å²) in [5.41, 5.74) is 2.47. The molecule has 0 spiro atoms. The molecule has 68 valence electrons. The van der Waals surface area contributed by atoms with Gasteiger partial charge in [-0.15, -0.1) is 0 Å². The molecular formula is C10H12N2S. The number of fused-ring (bicyclic) bond motifs is 1. The highest BCUT2D eigenvalue weighted by Gasteiger charge is 2.16. The van der Waals surface area contributed by atoms with Crippen LogP contribution in [-0.2, 0) is 6.54 Å². The van der Waals surface area contributed by atoms with Crippen molar-refractivity contribution in [2.75, 3.05) is 11.9 Å². The molecule has 3 heteroatoms. The Morgan fingerprint density at radius 2 is 2.23 bits per heavy atom. The van der Waals surface area contributed by atoms with Crippen LogP contribution < -0.4 is 5.32 Å². The molecule has 0 fully saturated rings. The van der Waals surface area contributed by atoms with Crippen molar-refractivity contribution in [1.82, 2.24) is 4.90 Å². The SMILES string of the molecule is CCN1Cc2ccccc2NC1=S. The van der Waals surface area contributed by atoms with Crippen LogP contribution in [0.5, 0.6) is 0 Å². The monoisotopic (exact) mass is 192 g/mol. The lowest BCUT2D eigenvalue weighted by molar-refractivity contribution is 0.436. The highest BCUT2D eigenvalue weighted by atomic mass is 32.1. The molecule has 1 aliphatic heterocycles. The van der Waals surface area contributed by atoms with Gasteiger partial charge in [-0.05, 0) is 30.8 Å². The normalized spacial score (nSPS) is 15.2. The number of nitrogens with one attached hydrogen (secondary N) is 1. The van der Waals surface area contributed by atoms with Crippen molar-refractivity contribution in [1.29, 1.82) is 0 Å². The van der Waals surface area contributed by atoms with Crippen LogP contribution in [0.2, 0.25) is 0 Å². The maximum Gasteiger partial charge on any atom is 0.173 e. The van der Waals surface area contributed by atoms with E-state index in [1.165, 1.54) is 5.56 Å². The van der Waals surface area contributed by atoms with E-state index < -0.39 is 0 Å². The Hall–Kier alpha value is -1.09. The van der Waals surface area contributed by atoms with Crippen LogP contribution in [-0.4, -0.2) is 16.6 Å². The third-order valence-electron chi connectivity index (χ3n) is 2.29. The molecule has 0 amide bonds. The van der Waals surface area contributed by atoms with Gasteiger partial charge in [-0.25, -0.2) is 0 Å². The summed E-state index contributed by atoms with van der Waals surface area (Å²) in [5, 5.41) is 4.05. The average Bonchev–Trinajstić information content (AvgIpc) is 2.17. The van der Waals surface area contributed by atoms with Crippen molar-refractivity contribution >= 4 is 23.0 Å². The first-order valence-electron chi connectivity index (χ1n) is 4.45. The number of para-hydroxylation sites is 1. The molecular weight excluding hydrogens is 180 g/mol. The molecule has 13 heavy (non-hydrogen) atoms. The van der Waals surface area contributed by atoms with Gasteiger partial charge in [-0.3, -0.25) is 0 Å². The predicted octanol–water partition coefficient (Wildman–Crippen LogP) is 2.22. The third-order valence-corrected chi connectivity index (χ3v) is 2.65. The minimum atomic E-state index is 0.834. The lowest BCUT2D eigenvalue weighted by Crippen LogP contribution is -2.38. The van der Waals surface area contributed by atoms with Crippen LogP contribution >= 0.6 is 12.2 Å². The molecule has 0 bridgehead atoms. The van der Waals surface area contributed by atoms with Crippen molar-refractivity contribution in [2.24, 2.45) is 0 Å². The predicted molar refractivity (Wildman–Crippen MR) is 58.7 cm³/mol. The highest BCUT2D eigenvalue weighted by molar-refractivity contribution is 7.80. The zero-order chi connectivity index (χ0) is 9.26. The van der Waals surface area contributed by atoms with Gasteiger partial charge in [0.25, 0.3) is 0 Å². The molecule has 0 unspecified atom stereocenters. The fourth-order valence-electron chi connectivity index (χ4n) is 1.51. The van der Waals surface area contributed by atoms with Crippen LogP contribution in [0.15, 0.2) is 24.3 Å². The number of hydrogen-bond acceptors (Lipinski definition) is 1. The van der Waals surface area contributed by atoms with Crippen LogP contribution in [0.4, 0.5) is 5.69 Å². The molecule has 2 rings (SSSR count). The molecule has 2 nitrogen and oxygen atoms in total. The van der Waals surface area contributed by atoms with Gasteiger partial charge in [0.2, 0.25) is 0 Å². The number of rotatable bonds is 1. The molecule has 1 heterocycles. The summed E-state index contributed by atoms with van der Waals surface area (Å²) in [6, 6.07) is 8.28. The van der Waals surface area contributed by atoms with E-state index in [-0.39, 0.29) is 0 Å². The number of thiocarbonyl (C=S) groups is 1. The summed E-state index contributed by atoms with van der Waals surface area (Å²) in [7, 11) is 0. The Bertz CT molecular complexity index is 335. The van der Waals surface area contributed by atoms with E-state index in [9.17, 15) is 0 Å². The second-order valence-corrected chi connectivity index (χ2v) is 3.49. The van der Waals surface area contributed by atoms with Crippen molar-refractivity contribution in [2.45, 2.75) is 13.5 Å². The van der Waals surface area contributed by atoms with E-state index in [0.717, 1.165) is 23.9 Å². The minimum absolute atomic E-state index is 0.834. The first-order valence-corrected chi connectivity index (χ1v) is 4.86. The van der Waals surface area contributed by atoms with Crippen LogP contribution in [0.1, 0.15) is 12.5 Å². The standard InChI is InChI=1S/C10H12N2S/c1-2-12-7-8-5-3-4-6-9(8)11-10(12)13/h3-6H,2,7H2,1H3,(H,11,13). The van der Waals surface area contributed by atoms with Crippen molar-refractivity contribution in [3.63, 3.8) is 0 Å². The molecule has 1 aliphatic rings. The van der Waals surface area contributed by atoms with E-state index in [1.54, 1.807) is 0 Å². The van der Waals surface area contributed by atoms with Crippen LogP contribution in [0.25, 0.3) is 0 Å². The van der Waals surface area contributed by atoms with Gasteiger partial charge < -0.3 is 10.2 Å². The molecule has 0 saturated carbocycles. The van der Waals surface area contributed by atoms with E-state index >= 15 is 0 Å². The van der Waals surface area contributed by atoms with Gasteiger partial charge in [-0.2, -0.15) is 0 Å². The van der Waals surface area contributed by atoms with Gasteiger partial charge in [0, 0.05) is 18.8 Å². The maximum atomic E-state index is 5.22. The Balaban J connectivity index is 2.33. The summed E-state index contributed by atoms with van der Waals surface area (Å²) in [5.74, 6) is 0. The highest BCUT2D eigenvalue weighted by Crippen LogP contribution is 2.22. The average molecular weight is 192 g/mol. The summed E-state index contributed by atoms with van der Waals surface area (Å²) in [6.45, 7) is 4.00. The molecule has 0 radical (unpaired) electrons. The third kappa shape index (κ3) is 1.52. The van der Waals surface area contributed by atoms with Gasteiger partial charge in [0.1, 0.15) is 0 Å².